The molecule has 0 fully saturated rings. The number of hydrogen-bond acceptors (Lipinski definition) is 3. The van der Waals surface area contributed by atoms with Gasteiger partial charge in [-0.3, -0.25) is 0 Å². The van der Waals surface area contributed by atoms with Crippen molar-refractivity contribution in [3.05, 3.63) is 65.5 Å². The van der Waals surface area contributed by atoms with Crippen molar-refractivity contribution < 1.29 is 9.13 Å². The molecule has 2 aromatic carbocycles. The molecule has 3 nitrogen and oxygen atoms in total. The average Bonchev–Trinajstić information content (AvgIpc) is 2.53. The maximum atomic E-state index is 13.2. The fourth-order valence-electron chi connectivity index (χ4n) is 1.90. The van der Waals surface area contributed by atoms with E-state index >= 15 is 0 Å². The zero-order valence-corrected chi connectivity index (χ0v) is 11.7. The van der Waals surface area contributed by atoms with Crippen LogP contribution in [0.4, 0.5) is 4.39 Å². The van der Waals surface area contributed by atoms with Gasteiger partial charge in [0.25, 0.3) is 0 Å². The van der Waals surface area contributed by atoms with E-state index in [0.29, 0.717) is 13.2 Å². The number of rotatable bonds is 7. The Bertz CT molecular complexity index is 608. The largest absolute Gasteiger partial charge is 0.494 e. The van der Waals surface area contributed by atoms with Crippen LogP contribution in [0.25, 0.3) is 0 Å². The lowest BCUT2D eigenvalue weighted by molar-refractivity contribution is 0.308. The molecular formula is C17H17FN2O. The highest BCUT2D eigenvalue weighted by Gasteiger charge is 2.02. The molecule has 2 rings (SSSR count). The Labute approximate surface area is 124 Å². The van der Waals surface area contributed by atoms with Crippen LogP contribution in [0.5, 0.6) is 5.75 Å². The van der Waals surface area contributed by atoms with Crippen molar-refractivity contribution in [3.63, 3.8) is 0 Å². The van der Waals surface area contributed by atoms with Crippen molar-refractivity contribution in [1.29, 1.82) is 5.26 Å². The number of nitriles is 1. The smallest absolute Gasteiger partial charge is 0.140 e. The van der Waals surface area contributed by atoms with Crippen molar-refractivity contribution in [2.24, 2.45) is 0 Å². The third-order valence-electron chi connectivity index (χ3n) is 2.99. The summed E-state index contributed by atoms with van der Waals surface area (Å²) < 4.78 is 18.7. The third-order valence-corrected chi connectivity index (χ3v) is 2.99. The molecule has 0 saturated carbocycles. The Balaban J connectivity index is 1.65. The second-order valence-electron chi connectivity index (χ2n) is 4.62. The molecule has 0 aliphatic rings. The number of para-hydroxylation sites is 1. The lowest BCUT2D eigenvalue weighted by Crippen LogP contribution is -2.17. The van der Waals surface area contributed by atoms with E-state index in [2.05, 4.69) is 5.32 Å². The van der Waals surface area contributed by atoms with Gasteiger partial charge >= 0.3 is 0 Å². The summed E-state index contributed by atoms with van der Waals surface area (Å²) >= 11 is 0. The second kappa shape index (κ2) is 8.03. The standard InChI is InChI=1S/C17H17FN2O/c18-17-8-7-14(11-15(17)12-19)13-20-9-4-10-21-16-5-2-1-3-6-16/h1-3,5-8,11,20H,4,9-10,13H2. The number of hydrogen-bond donors (Lipinski definition) is 1. The lowest BCUT2D eigenvalue weighted by Gasteiger charge is -2.07. The molecule has 0 aliphatic heterocycles. The molecule has 2 aromatic rings. The van der Waals surface area contributed by atoms with Gasteiger partial charge in [0.15, 0.2) is 0 Å². The lowest BCUT2D eigenvalue weighted by atomic mass is 10.1. The van der Waals surface area contributed by atoms with E-state index in [0.717, 1.165) is 24.3 Å². The van der Waals surface area contributed by atoms with Crippen LogP contribution in [-0.4, -0.2) is 13.2 Å². The minimum absolute atomic E-state index is 0.0849. The molecule has 0 aromatic heterocycles. The van der Waals surface area contributed by atoms with Crippen molar-refractivity contribution in [3.8, 4) is 11.8 Å². The van der Waals surface area contributed by atoms with Gasteiger partial charge in [-0.15, -0.1) is 0 Å². The van der Waals surface area contributed by atoms with Crippen molar-refractivity contribution >= 4 is 0 Å². The number of benzene rings is 2. The zero-order chi connectivity index (χ0) is 14.9. The Morgan fingerprint density at radius 1 is 1.14 bits per heavy atom. The van der Waals surface area contributed by atoms with Gasteiger partial charge in [0.1, 0.15) is 17.6 Å². The van der Waals surface area contributed by atoms with Crippen molar-refractivity contribution in [1.82, 2.24) is 5.32 Å². The van der Waals surface area contributed by atoms with E-state index in [4.69, 9.17) is 10.00 Å². The van der Waals surface area contributed by atoms with Crippen LogP contribution in [0.1, 0.15) is 17.5 Å². The molecule has 1 N–H and O–H groups in total. The van der Waals surface area contributed by atoms with Crippen molar-refractivity contribution in [2.75, 3.05) is 13.2 Å². The summed E-state index contributed by atoms with van der Waals surface area (Å²) in [5.74, 6) is 0.396. The van der Waals surface area contributed by atoms with Gasteiger partial charge in [-0.2, -0.15) is 5.26 Å². The summed E-state index contributed by atoms with van der Waals surface area (Å²) in [7, 11) is 0. The normalized spacial score (nSPS) is 10.1. The quantitative estimate of drug-likeness (QED) is 0.794. The fourth-order valence-corrected chi connectivity index (χ4v) is 1.90. The monoisotopic (exact) mass is 284 g/mol. The summed E-state index contributed by atoms with van der Waals surface area (Å²) in [6.45, 7) is 2.05. The first kappa shape index (κ1) is 15.0. The van der Waals surface area contributed by atoms with E-state index in [-0.39, 0.29) is 5.56 Å². The summed E-state index contributed by atoms with van der Waals surface area (Å²) in [5, 5.41) is 12.0. The number of ether oxygens (including phenoxy) is 1. The van der Waals surface area contributed by atoms with Gasteiger partial charge < -0.3 is 10.1 Å². The van der Waals surface area contributed by atoms with E-state index in [9.17, 15) is 4.39 Å². The fraction of sp³-hybridized carbons (Fsp3) is 0.235. The molecule has 4 heteroatoms. The van der Waals surface area contributed by atoms with Gasteiger partial charge in [0.05, 0.1) is 12.2 Å². The predicted molar refractivity (Wildman–Crippen MR) is 79.4 cm³/mol. The summed E-state index contributed by atoms with van der Waals surface area (Å²) in [4.78, 5) is 0. The molecule has 0 spiro atoms. The first-order chi connectivity index (χ1) is 10.3. The van der Waals surface area contributed by atoms with Crippen LogP contribution in [0.15, 0.2) is 48.5 Å². The first-order valence-corrected chi connectivity index (χ1v) is 6.86. The van der Waals surface area contributed by atoms with Crippen LogP contribution in [0.2, 0.25) is 0 Å². The van der Waals surface area contributed by atoms with E-state index < -0.39 is 5.82 Å². The highest BCUT2D eigenvalue weighted by molar-refractivity contribution is 5.34. The third kappa shape index (κ3) is 4.90. The zero-order valence-electron chi connectivity index (χ0n) is 11.7. The molecule has 0 atom stereocenters. The molecule has 108 valence electrons. The molecule has 0 amide bonds. The maximum absolute atomic E-state index is 13.2. The molecule has 0 aliphatic carbocycles. The minimum atomic E-state index is -0.475. The molecule has 0 bridgehead atoms. The second-order valence-corrected chi connectivity index (χ2v) is 4.62. The van der Waals surface area contributed by atoms with Crippen molar-refractivity contribution in [2.45, 2.75) is 13.0 Å². The molecule has 0 saturated heterocycles. The Hall–Kier alpha value is -2.38. The van der Waals surface area contributed by atoms with E-state index in [1.165, 1.54) is 6.07 Å². The maximum Gasteiger partial charge on any atom is 0.140 e. The average molecular weight is 284 g/mol. The molecule has 0 unspecified atom stereocenters. The highest BCUT2D eigenvalue weighted by atomic mass is 19.1. The molecule has 0 heterocycles. The molecule has 21 heavy (non-hydrogen) atoms. The van der Waals surface area contributed by atoms with Crippen LogP contribution in [-0.2, 0) is 6.54 Å². The highest BCUT2D eigenvalue weighted by Crippen LogP contribution is 2.10. The summed E-state index contributed by atoms with van der Waals surface area (Å²) in [5.41, 5.74) is 0.985. The summed E-state index contributed by atoms with van der Waals surface area (Å²) in [6, 6.07) is 16.1. The molecule has 0 radical (unpaired) electrons. The van der Waals surface area contributed by atoms with Crippen LogP contribution >= 0.6 is 0 Å². The SMILES string of the molecule is N#Cc1cc(CNCCCOc2ccccc2)ccc1F. The van der Waals surface area contributed by atoms with Gasteiger partial charge in [0.2, 0.25) is 0 Å². The molecular weight excluding hydrogens is 267 g/mol. The topological polar surface area (TPSA) is 45.0 Å². The predicted octanol–water partition coefficient (Wildman–Crippen LogP) is 3.26. The number of nitrogens with one attached hydrogen (secondary N) is 1. The Morgan fingerprint density at radius 2 is 1.95 bits per heavy atom. The van der Waals surface area contributed by atoms with Gasteiger partial charge in [0, 0.05) is 6.54 Å². The Kier molecular flexibility index (Phi) is 5.74. The van der Waals surface area contributed by atoms with Gasteiger partial charge in [-0.1, -0.05) is 24.3 Å². The van der Waals surface area contributed by atoms with Crippen LogP contribution in [0, 0.1) is 17.1 Å². The summed E-state index contributed by atoms with van der Waals surface area (Å²) in [6.07, 6.45) is 0.876. The van der Waals surface area contributed by atoms with Crippen LogP contribution in [0.3, 0.4) is 0 Å². The Morgan fingerprint density at radius 3 is 2.71 bits per heavy atom. The first-order valence-electron chi connectivity index (χ1n) is 6.86. The van der Waals surface area contributed by atoms with Gasteiger partial charge in [-0.25, -0.2) is 4.39 Å². The minimum Gasteiger partial charge on any atom is -0.494 e. The van der Waals surface area contributed by atoms with Crippen LogP contribution < -0.4 is 10.1 Å². The van der Waals surface area contributed by atoms with Gasteiger partial charge in [-0.05, 0) is 42.8 Å². The van der Waals surface area contributed by atoms with E-state index in [1.54, 1.807) is 12.1 Å². The van der Waals surface area contributed by atoms with E-state index in [1.807, 2.05) is 36.4 Å². The number of nitrogens with zero attached hydrogens (tertiary/aromatic N) is 1. The number of halogens is 1.